The Morgan fingerprint density at radius 3 is 0.719 bits per heavy atom. The lowest BCUT2D eigenvalue weighted by molar-refractivity contribution is -0.205. The van der Waals surface area contributed by atoms with Crippen LogP contribution in [0.2, 0.25) is 0 Å². The van der Waals surface area contributed by atoms with Crippen LogP contribution in [0.15, 0.2) is 0 Å². The van der Waals surface area contributed by atoms with Gasteiger partial charge in [-0.25, -0.2) is 22.8 Å². The molecule has 1 fully saturated rings. The molecule has 21 nitrogen and oxygen atoms in total. The minimum atomic E-state index is -5.86. The van der Waals surface area contributed by atoms with Crippen LogP contribution in [0.1, 0.15) is 0 Å². The Labute approximate surface area is 176 Å². The molecule has 0 bridgehead atoms. The molecule has 0 aromatic heterocycles. The molecule has 1 aliphatic carbocycles. The topological polar surface area (TPSA) is 354 Å². The number of hydrogen-bond acceptors (Lipinski definition) is 11. The van der Waals surface area contributed by atoms with Crippen molar-refractivity contribution in [2.24, 2.45) is 0 Å². The van der Waals surface area contributed by atoms with E-state index in [1.165, 1.54) is 0 Å². The van der Waals surface area contributed by atoms with E-state index in [4.69, 9.17) is 48.9 Å². The van der Waals surface area contributed by atoms with Gasteiger partial charge in [0.2, 0.25) is 0 Å². The Balaban J connectivity index is 3.77. The predicted octanol–water partition coefficient (Wildman–Crippen LogP) is -3.25. The zero-order valence-electron chi connectivity index (χ0n) is 14.7. The van der Waals surface area contributed by atoms with Gasteiger partial charge in [-0.15, -0.1) is 0 Å². The van der Waals surface area contributed by atoms with Crippen molar-refractivity contribution in [2.45, 2.75) is 36.6 Å². The summed E-state index contributed by atoms with van der Waals surface area (Å²) in [5.41, 5.74) is 0. The lowest BCUT2D eigenvalue weighted by Gasteiger charge is -2.47. The van der Waals surface area contributed by atoms with Crippen molar-refractivity contribution in [2.75, 3.05) is 0 Å². The fraction of sp³-hybridized carbons (Fsp3) is 1.00. The van der Waals surface area contributed by atoms with Crippen LogP contribution >= 0.6 is 39.1 Å². The van der Waals surface area contributed by atoms with E-state index in [-0.39, 0.29) is 0 Å². The second-order valence-electron chi connectivity index (χ2n) is 5.79. The summed E-state index contributed by atoms with van der Waals surface area (Å²) in [7, 11) is -29.1. The van der Waals surface area contributed by atoms with Gasteiger partial charge in [0.15, 0.2) is 0 Å². The number of aliphatic hydroxyl groups excluding tert-OH is 1. The maximum absolute atomic E-state index is 11.3. The summed E-state index contributed by atoms with van der Waals surface area (Å²) in [6, 6.07) is 0. The van der Waals surface area contributed by atoms with Crippen LogP contribution in [0.25, 0.3) is 0 Å². The highest BCUT2D eigenvalue weighted by Gasteiger charge is 2.60. The summed E-state index contributed by atoms with van der Waals surface area (Å²) in [6.07, 6.45) is -17.4. The molecule has 32 heavy (non-hydrogen) atoms. The van der Waals surface area contributed by atoms with Crippen LogP contribution in [0.5, 0.6) is 0 Å². The number of phosphoric acid groups is 5. The monoisotopic (exact) mass is 580 g/mol. The van der Waals surface area contributed by atoms with Crippen molar-refractivity contribution in [3.8, 4) is 0 Å². The maximum atomic E-state index is 11.3. The van der Waals surface area contributed by atoms with Crippen LogP contribution < -0.4 is 0 Å². The third kappa shape index (κ3) is 10.8. The van der Waals surface area contributed by atoms with Crippen molar-refractivity contribution < 1.29 is 99.5 Å². The Morgan fingerprint density at radius 2 is 0.531 bits per heavy atom. The number of hydrogen-bond donors (Lipinski definition) is 11. The SMILES string of the molecule is O=P(O)(O)O[C@@H]1[C@@H](OP(=O)(O)O)[C@H](OP(=O)(O)O)[C@@H](O)[C@@H](OP(=O)(O)O)[C@H]1OP(=O)(O)O. The third-order valence-electron chi connectivity index (χ3n) is 3.26. The Hall–Kier alpha value is 0.510. The fourth-order valence-corrected chi connectivity index (χ4v) is 5.33. The van der Waals surface area contributed by atoms with E-state index in [1.807, 2.05) is 0 Å². The van der Waals surface area contributed by atoms with Gasteiger partial charge in [-0.1, -0.05) is 0 Å². The molecule has 26 heteroatoms. The van der Waals surface area contributed by atoms with E-state index in [0.717, 1.165) is 0 Å². The second kappa shape index (κ2) is 10.2. The molecular formula is C6H17O21P5. The molecule has 11 N–H and O–H groups in total. The molecule has 0 unspecified atom stereocenters. The molecule has 0 saturated heterocycles. The number of phosphoric ester groups is 5. The van der Waals surface area contributed by atoms with E-state index in [2.05, 4.69) is 22.6 Å². The van der Waals surface area contributed by atoms with E-state index in [9.17, 15) is 27.9 Å². The minimum absolute atomic E-state index is 2.85. The first kappa shape index (κ1) is 30.5. The van der Waals surface area contributed by atoms with Crippen LogP contribution in [0.4, 0.5) is 0 Å². The maximum Gasteiger partial charge on any atom is 0.470 e. The lowest BCUT2D eigenvalue weighted by Crippen LogP contribution is -2.66. The smallest absolute Gasteiger partial charge is 0.387 e. The summed E-state index contributed by atoms with van der Waals surface area (Å²) >= 11 is 0. The van der Waals surface area contributed by atoms with Crippen LogP contribution in [-0.4, -0.2) is 90.7 Å². The van der Waals surface area contributed by atoms with Gasteiger partial charge in [0.05, 0.1) is 0 Å². The van der Waals surface area contributed by atoms with E-state index >= 15 is 0 Å². The molecule has 0 aromatic rings. The summed E-state index contributed by atoms with van der Waals surface area (Å²) in [5, 5.41) is 10.3. The van der Waals surface area contributed by atoms with Gasteiger partial charge in [-0.05, 0) is 0 Å². The van der Waals surface area contributed by atoms with Crippen molar-refractivity contribution in [3.05, 3.63) is 0 Å². The molecular weight excluding hydrogens is 563 g/mol. The van der Waals surface area contributed by atoms with Gasteiger partial charge in [-0.2, -0.15) is 0 Å². The molecule has 0 radical (unpaired) electrons. The molecule has 0 aliphatic heterocycles. The van der Waals surface area contributed by atoms with E-state index in [0.29, 0.717) is 0 Å². The molecule has 1 aliphatic rings. The molecule has 6 atom stereocenters. The Kier molecular flexibility index (Phi) is 9.78. The summed E-state index contributed by atoms with van der Waals surface area (Å²) < 4.78 is 76.6. The average Bonchev–Trinajstić information content (AvgIpc) is 2.45. The largest absolute Gasteiger partial charge is 0.470 e. The molecule has 0 amide bonds. The molecule has 1 rings (SSSR count). The molecule has 0 spiro atoms. The van der Waals surface area contributed by atoms with Gasteiger partial charge in [-0.3, -0.25) is 22.6 Å². The first-order valence-electron chi connectivity index (χ1n) is 7.26. The molecule has 0 aromatic carbocycles. The fourth-order valence-electron chi connectivity index (χ4n) is 2.53. The lowest BCUT2D eigenvalue weighted by atomic mass is 9.85. The zero-order chi connectivity index (χ0) is 25.5. The summed E-state index contributed by atoms with van der Waals surface area (Å²) in [4.78, 5) is 90.1. The summed E-state index contributed by atoms with van der Waals surface area (Å²) in [5.74, 6) is 0. The highest BCUT2D eigenvalue weighted by atomic mass is 31.2. The third-order valence-corrected chi connectivity index (χ3v) is 5.85. The van der Waals surface area contributed by atoms with Gasteiger partial charge in [0.1, 0.15) is 36.6 Å². The second-order valence-corrected chi connectivity index (χ2v) is 11.8. The van der Waals surface area contributed by atoms with Gasteiger partial charge < -0.3 is 54.0 Å². The summed E-state index contributed by atoms with van der Waals surface area (Å²) in [6.45, 7) is 0. The minimum Gasteiger partial charge on any atom is -0.387 e. The zero-order valence-corrected chi connectivity index (χ0v) is 19.2. The Morgan fingerprint density at radius 1 is 0.375 bits per heavy atom. The normalized spacial score (nSPS) is 31.0. The van der Waals surface area contributed by atoms with E-state index in [1.54, 1.807) is 0 Å². The van der Waals surface area contributed by atoms with Crippen molar-refractivity contribution in [3.63, 3.8) is 0 Å². The van der Waals surface area contributed by atoms with E-state index < -0.39 is 75.7 Å². The van der Waals surface area contributed by atoms with Gasteiger partial charge in [0.25, 0.3) is 0 Å². The Bertz CT molecular complexity index is 824. The highest BCUT2D eigenvalue weighted by molar-refractivity contribution is 7.47. The molecule has 192 valence electrons. The van der Waals surface area contributed by atoms with Crippen molar-refractivity contribution in [1.82, 2.24) is 0 Å². The number of rotatable bonds is 10. The average molecular weight is 580 g/mol. The van der Waals surface area contributed by atoms with Crippen LogP contribution in [0, 0.1) is 0 Å². The first-order chi connectivity index (χ1) is 13.9. The highest BCUT2D eigenvalue weighted by Crippen LogP contribution is 2.54. The van der Waals surface area contributed by atoms with Crippen molar-refractivity contribution in [1.29, 1.82) is 0 Å². The van der Waals surface area contributed by atoms with Crippen LogP contribution in [0.3, 0.4) is 0 Å². The first-order valence-corrected chi connectivity index (χ1v) is 14.9. The number of aliphatic hydroxyl groups is 1. The van der Waals surface area contributed by atoms with Crippen molar-refractivity contribution >= 4 is 39.1 Å². The van der Waals surface area contributed by atoms with Gasteiger partial charge in [0, 0.05) is 0 Å². The standard InChI is InChI=1S/C6H17O21P5/c7-1-2(23-28(8,9)10)4(25-30(14,15)16)6(27-32(20,21)22)5(26-31(17,18)19)3(1)24-29(11,12)13/h1-7H,(H2,8,9,10)(H2,11,12,13)(H2,14,15,16)(H2,17,18,19)(H2,20,21,22)/t1-,2-,3-,4+,5-,6-/m1/s1. The molecule has 0 heterocycles. The molecule has 1 saturated carbocycles. The van der Waals surface area contributed by atoms with Gasteiger partial charge >= 0.3 is 39.1 Å². The quantitative estimate of drug-likeness (QED) is 0.113. The predicted molar refractivity (Wildman–Crippen MR) is 90.6 cm³/mol. The van der Waals surface area contributed by atoms with Crippen LogP contribution in [-0.2, 0) is 45.4 Å².